The van der Waals surface area contributed by atoms with E-state index in [9.17, 15) is 4.79 Å². The van der Waals surface area contributed by atoms with Crippen molar-refractivity contribution in [2.75, 3.05) is 12.4 Å². The second kappa shape index (κ2) is 8.07. The highest BCUT2D eigenvalue weighted by atomic mass is 35.5. The van der Waals surface area contributed by atoms with Gasteiger partial charge in [0.15, 0.2) is 0 Å². The number of rotatable bonds is 4. The van der Waals surface area contributed by atoms with Gasteiger partial charge in [-0.05, 0) is 55.7 Å². The first-order valence-corrected chi connectivity index (χ1v) is 9.84. The molecule has 0 aliphatic carbocycles. The second-order valence-electron chi connectivity index (χ2n) is 6.89. The monoisotopic (exact) mass is 395 g/mol. The molecule has 0 unspecified atom stereocenters. The Labute approximate surface area is 169 Å². The van der Waals surface area contributed by atoms with Crippen LogP contribution >= 0.6 is 11.6 Å². The summed E-state index contributed by atoms with van der Waals surface area (Å²) in [5.41, 5.74) is 3.15. The number of nitrogens with one attached hydrogen (secondary N) is 1. The van der Waals surface area contributed by atoms with E-state index in [4.69, 9.17) is 21.3 Å². The molecule has 1 aliphatic rings. The third kappa shape index (κ3) is 3.76. The van der Waals surface area contributed by atoms with Crippen molar-refractivity contribution >= 4 is 23.2 Å². The van der Waals surface area contributed by atoms with E-state index in [1.807, 2.05) is 42.5 Å². The molecule has 144 valence electrons. The first kappa shape index (κ1) is 18.6. The van der Waals surface area contributed by atoms with Crippen molar-refractivity contribution in [2.24, 2.45) is 0 Å². The number of hydrogen-bond acceptors (Lipinski definition) is 3. The Morgan fingerprint density at radius 2 is 1.96 bits per heavy atom. The Kier molecular flexibility index (Phi) is 5.35. The summed E-state index contributed by atoms with van der Waals surface area (Å²) in [5, 5.41) is 3.64. The molecule has 5 nitrogen and oxygen atoms in total. The number of benzene rings is 2. The summed E-state index contributed by atoms with van der Waals surface area (Å²) in [6.07, 6.45) is 4.15. The molecule has 0 atom stereocenters. The van der Waals surface area contributed by atoms with Crippen LogP contribution in [0.2, 0.25) is 5.02 Å². The zero-order valence-corrected chi connectivity index (χ0v) is 16.5. The van der Waals surface area contributed by atoms with Gasteiger partial charge in [-0.2, -0.15) is 0 Å². The summed E-state index contributed by atoms with van der Waals surface area (Å²) in [5.74, 6) is 1.33. The van der Waals surface area contributed by atoms with Crippen LogP contribution in [0.1, 0.15) is 35.4 Å². The lowest BCUT2D eigenvalue weighted by Crippen LogP contribution is -2.15. The molecule has 3 aromatic rings. The van der Waals surface area contributed by atoms with Gasteiger partial charge in [-0.25, -0.2) is 4.98 Å². The van der Waals surface area contributed by atoms with Gasteiger partial charge in [-0.15, -0.1) is 0 Å². The van der Waals surface area contributed by atoms with Gasteiger partial charge in [0.05, 0.1) is 12.8 Å². The number of methoxy groups -OCH3 is 1. The van der Waals surface area contributed by atoms with Crippen molar-refractivity contribution in [2.45, 2.75) is 32.2 Å². The van der Waals surface area contributed by atoms with Gasteiger partial charge in [0.1, 0.15) is 17.3 Å². The lowest BCUT2D eigenvalue weighted by molar-refractivity contribution is 0.102. The lowest BCUT2D eigenvalue weighted by Gasteiger charge is -2.09. The van der Waals surface area contributed by atoms with Crippen LogP contribution in [0, 0.1) is 0 Å². The minimum Gasteiger partial charge on any atom is -0.497 e. The number of amides is 1. The molecule has 4 rings (SSSR count). The first-order valence-electron chi connectivity index (χ1n) is 9.46. The number of fused-ring (bicyclic) bond motifs is 1. The normalized spacial score (nSPS) is 13.5. The minimum absolute atomic E-state index is 0.195. The van der Waals surface area contributed by atoms with E-state index in [1.54, 1.807) is 13.2 Å². The number of halogens is 1. The standard InChI is InChI=1S/C22H22ClN3O2/c1-28-18-7-5-6-17(14-18)24-22(27)20-19-8-3-2-4-13-26(19)21(25-20)15-9-11-16(23)12-10-15/h5-7,9-12,14H,2-4,8,13H2,1H3,(H,24,27). The highest BCUT2D eigenvalue weighted by Gasteiger charge is 2.24. The molecule has 0 radical (unpaired) electrons. The van der Waals surface area contributed by atoms with Crippen LogP contribution in [0.3, 0.4) is 0 Å². The summed E-state index contributed by atoms with van der Waals surface area (Å²) in [4.78, 5) is 17.8. The topological polar surface area (TPSA) is 56.1 Å². The Balaban J connectivity index is 1.71. The zero-order valence-electron chi connectivity index (χ0n) is 15.7. The molecule has 0 saturated heterocycles. The molecule has 2 aromatic carbocycles. The van der Waals surface area contributed by atoms with Crippen molar-refractivity contribution < 1.29 is 9.53 Å². The number of aromatic nitrogens is 2. The molecule has 0 bridgehead atoms. The van der Waals surface area contributed by atoms with Gasteiger partial charge >= 0.3 is 0 Å². The van der Waals surface area contributed by atoms with Crippen LogP contribution in [0.4, 0.5) is 5.69 Å². The smallest absolute Gasteiger partial charge is 0.276 e. The summed E-state index contributed by atoms with van der Waals surface area (Å²) in [7, 11) is 1.61. The fraction of sp³-hybridized carbons (Fsp3) is 0.273. The van der Waals surface area contributed by atoms with Crippen LogP contribution in [0.25, 0.3) is 11.4 Å². The second-order valence-corrected chi connectivity index (χ2v) is 7.32. The van der Waals surface area contributed by atoms with Gasteiger partial charge in [-0.3, -0.25) is 4.79 Å². The Bertz CT molecular complexity index is 996. The highest BCUT2D eigenvalue weighted by molar-refractivity contribution is 6.30. The van der Waals surface area contributed by atoms with Gasteiger partial charge in [0.25, 0.3) is 5.91 Å². The fourth-order valence-electron chi connectivity index (χ4n) is 3.61. The Hall–Kier alpha value is -2.79. The number of ether oxygens (including phenoxy) is 1. The average Bonchev–Trinajstić information content (AvgIpc) is 2.90. The number of carbonyl (C=O) groups excluding carboxylic acids is 1. The predicted molar refractivity (Wildman–Crippen MR) is 111 cm³/mol. The van der Waals surface area contributed by atoms with Crippen LogP contribution in [-0.2, 0) is 13.0 Å². The molecule has 1 N–H and O–H groups in total. The maximum atomic E-state index is 13.0. The zero-order chi connectivity index (χ0) is 19.5. The number of hydrogen-bond donors (Lipinski definition) is 1. The minimum atomic E-state index is -0.195. The van der Waals surface area contributed by atoms with E-state index in [0.717, 1.165) is 49.3 Å². The molecule has 1 amide bonds. The first-order chi connectivity index (χ1) is 13.7. The van der Waals surface area contributed by atoms with Gasteiger partial charge < -0.3 is 14.6 Å². The van der Waals surface area contributed by atoms with E-state index >= 15 is 0 Å². The summed E-state index contributed by atoms with van der Waals surface area (Å²) in [6.45, 7) is 0.868. The quantitative estimate of drug-likeness (QED) is 0.661. The maximum Gasteiger partial charge on any atom is 0.276 e. The average molecular weight is 396 g/mol. The molecule has 2 heterocycles. The maximum absolute atomic E-state index is 13.0. The molecule has 1 aliphatic heterocycles. The number of nitrogens with zero attached hydrogens (tertiary/aromatic N) is 2. The van der Waals surface area contributed by atoms with Gasteiger partial charge in [-0.1, -0.05) is 24.1 Å². The van der Waals surface area contributed by atoms with Crippen molar-refractivity contribution in [3.05, 3.63) is 64.9 Å². The van der Waals surface area contributed by atoms with Crippen LogP contribution in [0.15, 0.2) is 48.5 Å². The molecule has 0 fully saturated rings. The molecule has 6 heteroatoms. The van der Waals surface area contributed by atoms with Crippen molar-refractivity contribution in [1.29, 1.82) is 0 Å². The number of carbonyl (C=O) groups is 1. The lowest BCUT2D eigenvalue weighted by atomic mass is 10.1. The van der Waals surface area contributed by atoms with Crippen molar-refractivity contribution in [3.63, 3.8) is 0 Å². The van der Waals surface area contributed by atoms with E-state index in [-0.39, 0.29) is 5.91 Å². The third-order valence-electron chi connectivity index (χ3n) is 5.01. The van der Waals surface area contributed by atoms with Crippen LogP contribution in [-0.4, -0.2) is 22.6 Å². The summed E-state index contributed by atoms with van der Waals surface area (Å²) < 4.78 is 7.43. The molecule has 28 heavy (non-hydrogen) atoms. The molecule has 1 aromatic heterocycles. The van der Waals surface area contributed by atoms with Crippen molar-refractivity contribution in [3.8, 4) is 17.1 Å². The summed E-state index contributed by atoms with van der Waals surface area (Å²) in [6, 6.07) is 14.9. The number of imidazole rings is 1. The van der Waals surface area contributed by atoms with Gasteiger partial charge in [0.2, 0.25) is 0 Å². The largest absolute Gasteiger partial charge is 0.497 e. The molecule has 0 spiro atoms. The molecule has 0 saturated carbocycles. The Morgan fingerprint density at radius 3 is 2.75 bits per heavy atom. The summed E-state index contributed by atoms with van der Waals surface area (Å²) >= 11 is 6.04. The van der Waals surface area contributed by atoms with E-state index < -0.39 is 0 Å². The molecular weight excluding hydrogens is 374 g/mol. The third-order valence-corrected chi connectivity index (χ3v) is 5.26. The van der Waals surface area contributed by atoms with Crippen LogP contribution in [0.5, 0.6) is 5.75 Å². The fourth-order valence-corrected chi connectivity index (χ4v) is 3.74. The highest BCUT2D eigenvalue weighted by Crippen LogP contribution is 2.29. The molecular formula is C22H22ClN3O2. The Morgan fingerprint density at radius 1 is 1.14 bits per heavy atom. The van der Waals surface area contributed by atoms with Gasteiger partial charge in [0, 0.05) is 28.9 Å². The predicted octanol–water partition coefficient (Wildman–Crippen LogP) is 5.19. The van der Waals surface area contributed by atoms with Crippen molar-refractivity contribution in [1.82, 2.24) is 9.55 Å². The van der Waals surface area contributed by atoms with E-state index in [0.29, 0.717) is 22.2 Å². The van der Waals surface area contributed by atoms with E-state index in [2.05, 4.69) is 9.88 Å². The number of anilines is 1. The SMILES string of the molecule is COc1cccc(NC(=O)c2nc(-c3ccc(Cl)cc3)n3c2CCCCC3)c1. The van der Waals surface area contributed by atoms with E-state index in [1.165, 1.54) is 0 Å². The van der Waals surface area contributed by atoms with Crippen LogP contribution < -0.4 is 10.1 Å².